The Bertz CT molecular complexity index is 426. The van der Waals surface area contributed by atoms with Crippen LogP contribution >= 0.6 is 35.3 Å². The van der Waals surface area contributed by atoms with Crippen molar-refractivity contribution in [2.75, 3.05) is 18.8 Å². The first kappa shape index (κ1) is 13.7. The van der Waals surface area contributed by atoms with E-state index in [0.29, 0.717) is 9.79 Å². The van der Waals surface area contributed by atoms with E-state index in [-0.39, 0.29) is 10.6 Å². The predicted octanol–water partition coefficient (Wildman–Crippen LogP) is 3.90. The fraction of sp³-hybridized carbons (Fsp3) is 0.333. The number of thioether (sulfide) groups is 3. The third-order valence-electron chi connectivity index (χ3n) is 1.95. The molecule has 3 nitrogen and oxygen atoms in total. The quantitative estimate of drug-likeness (QED) is 0.475. The van der Waals surface area contributed by atoms with Crippen LogP contribution in [0.4, 0.5) is 10.1 Å². The number of nitrogens with zero attached hydrogens (tertiary/aromatic N) is 1. The van der Waals surface area contributed by atoms with Gasteiger partial charge in [-0.2, -0.15) is 0 Å². The Hall–Kier alpha value is -0.400. The van der Waals surface area contributed by atoms with Gasteiger partial charge in [0.2, 0.25) is 0 Å². The van der Waals surface area contributed by atoms with E-state index in [1.165, 1.54) is 29.6 Å². The van der Waals surface area contributed by atoms with Gasteiger partial charge in [0.05, 0.1) is 9.82 Å². The lowest BCUT2D eigenvalue weighted by molar-refractivity contribution is -0.388. The Morgan fingerprint density at radius 2 is 1.75 bits per heavy atom. The zero-order valence-electron chi connectivity index (χ0n) is 8.94. The van der Waals surface area contributed by atoms with Gasteiger partial charge in [-0.3, -0.25) is 10.1 Å². The molecular formula is C9H10FNO2S3. The highest BCUT2D eigenvalue weighted by molar-refractivity contribution is 8.01. The van der Waals surface area contributed by atoms with Crippen LogP contribution in [0.2, 0.25) is 0 Å². The lowest BCUT2D eigenvalue weighted by Gasteiger charge is -2.09. The topological polar surface area (TPSA) is 43.1 Å². The van der Waals surface area contributed by atoms with Crippen LogP contribution in [0, 0.1) is 15.9 Å². The SMILES string of the molecule is CSc1cc([N+](=O)[O-])c(SC)c(F)c1SC. The van der Waals surface area contributed by atoms with Crippen LogP contribution in [-0.2, 0) is 0 Å². The van der Waals surface area contributed by atoms with E-state index in [4.69, 9.17) is 0 Å². The third kappa shape index (κ3) is 2.46. The summed E-state index contributed by atoms with van der Waals surface area (Å²) in [6.07, 6.45) is 5.17. The molecule has 0 fully saturated rings. The van der Waals surface area contributed by atoms with Crippen molar-refractivity contribution in [3.05, 3.63) is 22.0 Å². The molecule has 1 aromatic rings. The first-order valence-electron chi connectivity index (χ1n) is 4.19. The van der Waals surface area contributed by atoms with E-state index in [1.54, 1.807) is 18.8 Å². The van der Waals surface area contributed by atoms with Gasteiger partial charge in [-0.1, -0.05) is 0 Å². The van der Waals surface area contributed by atoms with Crippen molar-refractivity contribution in [1.82, 2.24) is 0 Å². The molecule has 16 heavy (non-hydrogen) atoms. The molecule has 0 saturated carbocycles. The largest absolute Gasteiger partial charge is 0.287 e. The van der Waals surface area contributed by atoms with Gasteiger partial charge in [0.15, 0.2) is 5.82 Å². The van der Waals surface area contributed by atoms with Gasteiger partial charge in [0, 0.05) is 11.0 Å². The Morgan fingerprint density at radius 1 is 1.19 bits per heavy atom. The standard InChI is InChI=1S/C9H10FNO2S3/c1-14-6-4-5(11(12)13)8(15-2)7(10)9(6)16-3/h4H,1-3H3. The molecule has 0 spiro atoms. The van der Waals surface area contributed by atoms with Crippen LogP contribution in [0.5, 0.6) is 0 Å². The molecule has 0 aliphatic rings. The summed E-state index contributed by atoms with van der Waals surface area (Å²) in [7, 11) is 0. The molecule has 0 aromatic heterocycles. The predicted molar refractivity (Wildman–Crippen MR) is 68.4 cm³/mol. The second-order valence-electron chi connectivity index (χ2n) is 2.74. The lowest BCUT2D eigenvalue weighted by atomic mass is 10.3. The van der Waals surface area contributed by atoms with Crippen molar-refractivity contribution in [2.24, 2.45) is 0 Å². The molecule has 0 heterocycles. The molecule has 7 heteroatoms. The second-order valence-corrected chi connectivity index (χ2v) is 5.22. The van der Waals surface area contributed by atoms with Crippen molar-refractivity contribution >= 4 is 41.0 Å². The molecule has 0 unspecified atom stereocenters. The number of rotatable bonds is 4. The molecule has 0 radical (unpaired) electrons. The minimum Gasteiger partial charge on any atom is -0.258 e. The minimum atomic E-state index is -0.543. The summed E-state index contributed by atoms with van der Waals surface area (Å²) >= 11 is 3.64. The molecule has 0 saturated heterocycles. The summed E-state index contributed by atoms with van der Waals surface area (Å²) in [5.74, 6) is -0.487. The highest BCUT2D eigenvalue weighted by Crippen LogP contribution is 2.41. The molecular weight excluding hydrogens is 269 g/mol. The fourth-order valence-corrected chi connectivity index (χ4v) is 3.48. The van der Waals surface area contributed by atoms with Crippen LogP contribution < -0.4 is 0 Å². The highest BCUT2D eigenvalue weighted by Gasteiger charge is 2.23. The van der Waals surface area contributed by atoms with Crippen LogP contribution in [0.15, 0.2) is 20.8 Å². The Balaban J connectivity index is 3.54. The number of nitro groups is 1. The van der Waals surface area contributed by atoms with Gasteiger partial charge in [0.25, 0.3) is 5.69 Å². The number of hydrogen-bond donors (Lipinski definition) is 0. The minimum absolute atomic E-state index is 0.104. The van der Waals surface area contributed by atoms with E-state index in [0.717, 1.165) is 11.8 Å². The summed E-state index contributed by atoms with van der Waals surface area (Å²) in [4.78, 5) is 11.5. The van der Waals surface area contributed by atoms with E-state index < -0.39 is 10.7 Å². The summed E-state index contributed by atoms with van der Waals surface area (Å²) < 4.78 is 14.0. The van der Waals surface area contributed by atoms with Crippen molar-refractivity contribution in [3.8, 4) is 0 Å². The van der Waals surface area contributed by atoms with Gasteiger partial charge in [-0.05, 0) is 18.8 Å². The molecule has 0 aliphatic carbocycles. The zero-order chi connectivity index (χ0) is 12.3. The zero-order valence-corrected chi connectivity index (χ0v) is 11.4. The maximum absolute atomic E-state index is 14.0. The molecule has 88 valence electrons. The maximum Gasteiger partial charge on any atom is 0.287 e. The Kier molecular flexibility index (Phi) is 4.94. The number of halogens is 1. The number of hydrogen-bond acceptors (Lipinski definition) is 5. The Labute approximate surface area is 106 Å². The summed E-state index contributed by atoms with van der Waals surface area (Å²) in [6, 6.07) is 1.44. The molecule has 1 rings (SSSR count). The van der Waals surface area contributed by atoms with E-state index >= 15 is 0 Å². The van der Waals surface area contributed by atoms with Gasteiger partial charge in [0.1, 0.15) is 4.90 Å². The van der Waals surface area contributed by atoms with E-state index in [2.05, 4.69) is 0 Å². The second kappa shape index (κ2) is 5.79. The molecule has 0 aliphatic heterocycles. The average Bonchev–Trinajstić information content (AvgIpc) is 2.27. The van der Waals surface area contributed by atoms with Gasteiger partial charge in [-0.15, -0.1) is 35.3 Å². The third-order valence-corrected chi connectivity index (χ3v) is 4.44. The molecule has 0 N–H and O–H groups in total. The summed E-state index contributed by atoms with van der Waals surface area (Å²) in [5.41, 5.74) is -0.160. The van der Waals surface area contributed by atoms with Crippen molar-refractivity contribution in [1.29, 1.82) is 0 Å². The van der Waals surface area contributed by atoms with Crippen LogP contribution in [0.3, 0.4) is 0 Å². The van der Waals surface area contributed by atoms with Crippen LogP contribution in [0.1, 0.15) is 0 Å². The summed E-state index contributed by atoms with van der Waals surface area (Å²) in [6.45, 7) is 0. The first-order valence-corrected chi connectivity index (χ1v) is 7.87. The number of nitro benzene ring substituents is 1. The van der Waals surface area contributed by atoms with Crippen molar-refractivity contribution in [2.45, 2.75) is 14.7 Å². The lowest BCUT2D eigenvalue weighted by Crippen LogP contribution is -1.97. The molecule has 1 aromatic carbocycles. The molecule has 0 bridgehead atoms. The highest BCUT2D eigenvalue weighted by atomic mass is 32.2. The molecule has 0 atom stereocenters. The van der Waals surface area contributed by atoms with Crippen molar-refractivity contribution in [3.63, 3.8) is 0 Å². The van der Waals surface area contributed by atoms with Gasteiger partial charge >= 0.3 is 0 Å². The first-order chi connectivity index (χ1) is 7.56. The fourth-order valence-electron chi connectivity index (χ4n) is 1.25. The van der Waals surface area contributed by atoms with Gasteiger partial charge < -0.3 is 0 Å². The van der Waals surface area contributed by atoms with Crippen molar-refractivity contribution < 1.29 is 9.31 Å². The number of benzene rings is 1. The van der Waals surface area contributed by atoms with Gasteiger partial charge in [-0.25, -0.2) is 4.39 Å². The van der Waals surface area contributed by atoms with Crippen LogP contribution in [0.25, 0.3) is 0 Å². The summed E-state index contributed by atoms with van der Waals surface area (Å²) in [5, 5.41) is 10.8. The maximum atomic E-state index is 14.0. The molecule has 0 amide bonds. The van der Waals surface area contributed by atoms with E-state index in [9.17, 15) is 14.5 Å². The normalized spacial score (nSPS) is 10.5. The average molecular weight is 279 g/mol. The smallest absolute Gasteiger partial charge is 0.258 e. The Morgan fingerprint density at radius 3 is 2.12 bits per heavy atom. The van der Waals surface area contributed by atoms with Crippen LogP contribution in [-0.4, -0.2) is 23.7 Å². The van der Waals surface area contributed by atoms with E-state index in [1.807, 2.05) is 0 Å². The monoisotopic (exact) mass is 279 g/mol.